The van der Waals surface area contributed by atoms with Crippen molar-refractivity contribution in [2.24, 2.45) is 0 Å². The van der Waals surface area contributed by atoms with Crippen LogP contribution in [0.3, 0.4) is 0 Å². The molecule has 0 saturated carbocycles. The van der Waals surface area contributed by atoms with E-state index >= 15 is 0 Å². The van der Waals surface area contributed by atoms with Gasteiger partial charge in [0, 0.05) is 10.6 Å². The molecule has 0 aliphatic heterocycles. The molecule has 7 heteroatoms. The number of rotatable bonds is 4. The van der Waals surface area contributed by atoms with Crippen LogP contribution in [-0.2, 0) is 11.0 Å². The van der Waals surface area contributed by atoms with Crippen LogP contribution in [-0.4, -0.2) is 11.2 Å². The summed E-state index contributed by atoms with van der Waals surface area (Å²) >= 11 is 1.02. The topological polar surface area (TPSA) is 29.1 Å². The number of halogens is 4. The van der Waals surface area contributed by atoms with Gasteiger partial charge >= 0.3 is 6.18 Å². The zero-order chi connectivity index (χ0) is 17.0. The van der Waals surface area contributed by atoms with Crippen molar-refractivity contribution in [3.05, 3.63) is 59.9 Å². The van der Waals surface area contributed by atoms with E-state index in [9.17, 15) is 22.4 Å². The lowest BCUT2D eigenvalue weighted by Gasteiger charge is -2.13. The van der Waals surface area contributed by atoms with Crippen LogP contribution in [0.15, 0.2) is 53.4 Å². The van der Waals surface area contributed by atoms with Crippen molar-refractivity contribution < 1.29 is 22.4 Å². The highest BCUT2D eigenvalue weighted by atomic mass is 32.2. The fourth-order valence-electron chi connectivity index (χ4n) is 1.78. The standard InChI is InChI=1S/C16H13F4NOS/c1-10(15(22)21-13-7-5-12(17)6-8-13)23-14-4-2-3-11(9-14)16(18,19)20/h2-10H,1H3,(H,21,22)/t10-/m1/s1. The van der Waals surface area contributed by atoms with E-state index in [0.29, 0.717) is 10.6 Å². The maximum atomic E-state index is 12.8. The third-order valence-electron chi connectivity index (χ3n) is 2.96. The molecular formula is C16H13F4NOS. The summed E-state index contributed by atoms with van der Waals surface area (Å²) in [6.45, 7) is 1.59. The number of amides is 1. The summed E-state index contributed by atoms with van der Waals surface area (Å²) in [4.78, 5) is 12.4. The van der Waals surface area contributed by atoms with Crippen LogP contribution in [0, 0.1) is 5.82 Å². The van der Waals surface area contributed by atoms with Gasteiger partial charge in [-0.25, -0.2) is 4.39 Å². The quantitative estimate of drug-likeness (QED) is 0.628. The van der Waals surface area contributed by atoms with E-state index in [1.54, 1.807) is 6.92 Å². The van der Waals surface area contributed by atoms with Crippen LogP contribution >= 0.6 is 11.8 Å². The Bertz CT molecular complexity index is 685. The Morgan fingerprint density at radius 3 is 2.39 bits per heavy atom. The van der Waals surface area contributed by atoms with Gasteiger partial charge in [-0.05, 0) is 49.4 Å². The maximum Gasteiger partial charge on any atom is 0.416 e. The molecule has 2 rings (SSSR count). The number of carbonyl (C=O) groups is 1. The molecular weight excluding hydrogens is 330 g/mol. The van der Waals surface area contributed by atoms with E-state index < -0.39 is 22.8 Å². The third-order valence-corrected chi connectivity index (χ3v) is 4.05. The van der Waals surface area contributed by atoms with Crippen LogP contribution < -0.4 is 5.32 Å². The number of hydrogen-bond donors (Lipinski definition) is 1. The molecule has 122 valence electrons. The van der Waals surface area contributed by atoms with Gasteiger partial charge in [-0.3, -0.25) is 4.79 Å². The molecule has 0 bridgehead atoms. The third kappa shape index (κ3) is 4.99. The predicted molar refractivity (Wildman–Crippen MR) is 81.8 cm³/mol. The SMILES string of the molecule is C[C@@H](Sc1cccc(C(F)(F)F)c1)C(=O)Nc1ccc(F)cc1. The minimum atomic E-state index is -4.42. The van der Waals surface area contributed by atoms with E-state index in [1.165, 1.54) is 36.4 Å². The van der Waals surface area contributed by atoms with Crippen LogP contribution in [0.5, 0.6) is 0 Å². The Balaban J connectivity index is 2.02. The largest absolute Gasteiger partial charge is 0.416 e. The summed E-state index contributed by atoms with van der Waals surface area (Å²) in [7, 11) is 0. The van der Waals surface area contributed by atoms with Gasteiger partial charge in [0.2, 0.25) is 5.91 Å². The van der Waals surface area contributed by atoms with Crippen LogP contribution in [0.25, 0.3) is 0 Å². The van der Waals surface area contributed by atoms with Crippen molar-refractivity contribution in [3.8, 4) is 0 Å². The lowest BCUT2D eigenvalue weighted by atomic mass is 10.2. The molecule has 2 aromatic rings. The molecule has 0 radical (unpaired) electrons. The van der Waals surface area contributed by atoms with E-state index in [0.717, 1.165) is 23.9 Å². The van der Waals surface area contributed by atoms with Gasteiger partial charge in [0.05, 0.1) is 10.8 Å². The first-order valence-corrected chi connectivity index (χ1v) is 7.54. The molecule has 1 amide bonds. The Labute approximate surface area is 134 Å². The minimum absolute atomic E-state index is 0.349. The molecule has 0 saturated heterocycles. The van der Waals surface area contributed by atoms with Crippen LogP contribution in [0.1, 0.15) is 12.5 Å². The molecule has 2 aromatic carbocycles. The van der Waals surface area contributed by atoms with E-state index in [4.69, 9.17) is 0 Å². The lowest BCUT2D eigenvalue weighted by Crippen LogP contribution is -2.22. The second-order valence-electron chi connectivity index (χ2n) is 4.78. The first-order valence-electron chi connectivity index (χ1n) is 6.66. The summed E-state index contributed by atoms with van der Waals surface area (Å²) in [5.74, 6) is -0.798. The number of hydrogen-bond acceptors (Lipinski definition) is 2. The fourth-order valence-corrected chi connectivity index (χ4v) is 2.71. The van der Waals surface area contributed by atoms with Crippen molar-refractivity contribution >= 4 is 23.4 Å². The Hall–Kier alpha value is -2.02. The van der Waals surface area contributed by atoms with Gasteiger partial charge in [-0.1, -0.05) is 6.07 Å². The first kappa shape index (κ1) is 17.3. The van der Waals surface area contributed by atoms with Crippen molar-refractivity contribution in [2.45, 2.75) is 23.2 Å². The van der Waals surface area contributed by atoms with Gasteiger partial charge in [0.15, 0.2) is 0 Å². The lowest BCUT2D eigenvalue weighted by molar-refractivity contribution is -0.137. The highest BCUT2D eigenvalue weighted by molar-refractivity contribution is 8.00. The molecule has 1 N–H and O–H groups in total. The molecule has 1 atom stereocenters. The Kier molecular flexibility index (Phi) is 5.30. The predicted octanol–water partition coefficient (Wildman–Crippen LogP) is 4.96. The van der Waals surface area contributed by atoms with E-state index in [-0.39, 0.29) is 5.91 Å². The van der Waals surface area contributed by atoms with Crippen molar-refractivity contribution in [1.29, 1.82) is 0 Å². The number of nitrogens with one attached hydrogen (secondary N) is 1. The van der Waals surface area contributed by atoms with Gasteiger partial charge in [0.1, 0.15) is 5.82 Å². The molecule has 2 nitrogen and oxygen atoms in total. The minimum Gasteiger partial charge on any atom is -0.325 e. The molecule has 0 aromatic heterocycles. The van der Waals surface area contributed by atoms with Crippen molar-refractivity contribution in [2.75, 3.05) is 5.32 Å². The monoisotopic (exact) mass is 343 g/mol. The molecule has 0 heterocycles. The van der Waals surface area contributed by atoms with Crippen LogP contribution in [0.2, 0.25) is 0 Å². The van der Waals surface area contributed by atoms with Gasteiger partial charge in [-0.15, -0.1) is 11.8 Å². The number of benzene rings is 2. The summed E-state index contributed by atoms with van der Waals surface area (Å²) in [6, 6.07) is 10.0. The molecule has 0 aliphatic carbocycles. The smallest absolute Gasteiger partial charge is 0.325 e. The van der Waals surface area contributed by atoms with Gasteiger partial charge in [-0.2, -0.15) is 13.2 Å². The number of thioether (sulfide) groups is 1. The van der Waals surface area contributed by atoms with Gasteiger partial charge in [0.25, 0.3) is 0 Å². The maximum absolute atomic E-state index is 12.8. The second-order valence-corrected chi connectivity index (χ2v) is 6.20. The zero-order valence-electron chi connectivity index (χ0n) is 12.0. The van der Waals surface area contributed by atoms with E-state index in [2.05, 4.69) is 5.32 Å². The van der Waals surface area contributed by atoms with E-state index in [1.807, 2.05) is 0 Å². The second kappa shape index (κ2) is 7.04. The highest BCUT2D eigenvalue weighted by Crippen LogP contribution is 2.33. The molecule has 23 heavy (non-hydrogen) atoms. The summed E-state index contributed by atoms with van der Waals surface area (Å²) in [5.41, 5.74) is -0.332. The zero-order valence-corrected chi connectivity index (χ0v) is 12.8. The normalized spacial score (nSPS) is 12.7. The summed E-state index contributed by atoms with van der Waals surface area (Å²) in [6.07, 6.45) is -4.42. The summed E-state index contributed by atoms with van der Waals surface area (Å²) in [5, 5.41) is 1.98. The Morgan fingerprint density at radius 1 is 1.13 bits per heavy atom. The van der Waals surface area contributed by atoms with Gasteiger partial charge < -0.3 is 5.32 Å². The van der Waals surface area contributed by atoms with Crippen molar-refractivity contribution in [3.63, 3.8) is 0 Å². The number of anilines is 1. The number of carbonyl (C=O) groups excluding carboxylic acids is 1. The average Bonchev–Trinajstić information content (AvgIpc) is 2.49. The molecule has 0 fully saturated rings. The van der Waals surface area contributed by atoms with Crippen LogP contribution in [0.4, 0.5) is 23.2 Å². The average molecular weight is 343 g/mol. The molecule has 0 spiro atoms. The first-order chi connectivity index (χ1) is 10.8. The summed E-state index contributed by atoms with van der Waals surface area (Å²) < 4.78 is 50.8. The highest BCUT2D eigenvalue weighted by Gasteiger charge is 2.30. The number of alkyl halides is 3. The van der Waals surface area contributed by atoms with Crippen molar-refractivity contribution in [1.82, 2.24) is 0 Å². The molecule has 0 aliphatic rings. The fraction of sp³-hybridized carbons (Fsp3) is 0.188. The Morgan fingerprint density at radius 2 is 1.78 bits per heavy atom. The molecule has 0 unspecified atom stereocenters.